The summed E-state index contributed by atoms with van der Waals surface area (Å²) in [5.74, 6) is 0.877. The third-order valence-corrected chi connectivity index (χ3v) is 4.47. The Morgan fingerprint density at radius 3 is 2.75 bits per heavy atom. The molecule has 0 saturated heterocycles. The summed E-state index contributed by atoms with van der Waals surface area (Å²) in [5, 5.41) is 15.0. The molecule has 0 spiro atoms. The molecule has 0 saturated carbocycles. The molecule has 3 rings (SSSR count). The number of halogens is 1. The number of aromatic nitrogens is 4. The standard InChI is InChI=1S/C16H14ClN5OS/c1-22-16(19-20-21-22)11-3-2-4-13(9-11)18-15(23)10-24-14-7-5-12(17)6-8-14/h2-9H,10H2,1H3,(H,18,23). The van der Waals surface area contributed by atoms with Crippen molar-refractivity contribution in [2.75, 3.05) is 11.1 Å². The van der Waals surface area contributed by atoms with Gasteiger partial charge in [0.2, 0.25) is 5.91 Å². The molecule has 1 aromatic heterocycles. The van der Waals surface area contributed by atoms with Gasteiger partial charge in [0.25, 0.3) is 0 Å². The Bertz CT molecular complexity index is 850. The SMILES string of the molecule is Cn1nnnc1-c1cccc(NC(=O)CSc2ccc(Cl)cc2)c1. The summed E-state index contributed by atoms with van der Waals surface area (Å²) < 4.78 is 1.58. The summed E-state index contributed by atoms with van der Waals surface area (Å²) in [5.41, 5.74) is 1.54. The van der Waals surface area contributed by atoms with Crippen LogP contribution in [-0.4, -0.2) is 31.9 Å². The quantitative estimate of drug-likeness (QED) is 0.708. The molecule has 3 aromatic rings. The predicted octanol–water partition coefficient (Wildman–Crippen LogP) is 3.26. The predicted molar refractivity (Wildman–Crippen MR) is 95.0 cm³/mol. The highest BCUT2D eigenvalue weighted by molar-refractivity contribution is 8.00. The highest BCUT2D eigenvalue weighted by atomic mass is 35.5. The van der Waals surface area contributed by atoms with Crippen LogP contribution in [0.5, 0.6) is 0 Å². The summed E-state index contributed by atoms with van der Waals surface area (Å²) in [6.45, 7) is 0. The molecule has 0 aliphatic heterocycles. The minimum atomic E-state index is -0.0804. The first-order valence-electron chi connectivity index (χ1n) is 7.13. The summed E-state index contributed by atoms with van der Waals surface area (Å²) in [6.07, 6.45) is 0. The maximum Gasteiger partial charge on any atom is 0.234 e. The van der Waals surface area contributed by atoms with Gasteiger partial charge in [0.05, 0.1) is 5.75 Å². The van der Waals surface area contributed by atoms with E-state index in [1.807, 2.05) is 36.4 Å². The van der Waals surface area contributed by atoms with E-state index in [9.17, 15) is 4.79 Å². The molecule has 0 radical (unpaired) electrons. The second kappa shape index (κ2) is 7.46. The molecule has 0 bridgehead atoms. The van der Waals surface area contributed by atoms with Gasteiger partial charge in [-0.25, -0.2) is 4.68 Å². The maximum atomic E-state index is 12.1. The number of carbonyl (C=O) groups is 1. The lowest BCUT2D eigenvalue weighted by Crippen LogP contribution is -2.14. The second-order valence-electron chi connectivity index (χ2n) is 5.00. The van der Waals surface area contributed by atoms with Crippen LogP contribution in [0, 0.1) is 0 Å². The average Bonchev–Trinajstić information content (AvgIpc) is 3.01. The molecule has 0 aliphatic rings. The summed E-state index contributed by atoms with van der Waals surface area (Å²) in [4.78, 5) is 13.1. The maximum absolute atomic E-state index is 12.1. The van der Waals surface area contributed by atoms with Crippen molar-refractivity contribution in [2.45, 2.75) is 4.90 Å². The molecule has 0 aliphatic carbocycles. The van der Waals surface area contributed by atoms with Gasteiger partial charge < -0.3 is 5.32 Å². The Hall–Kier alpha value is -2.38. The highest BCUT2D eigenvalue weighted by Gasteiger charge is 2.08. The summed E-state index contributed by atoms with van der Waals surface area (Å²) in [6, 6.07) is 14.8. The fourth-order valence-electron chi connectivity index (χ4n) is 2.09. The van der Waals surface area contributed by atoms with E-state index < -0.39 is 0 Å². The molecule has 8 heteroatoms. The van der Waals surface area contributed by atoms with Crippen molar-refractivity contribution in [1.29, 1.82) is 0 Å². The van der Waals surface area contributed by atoms with Gasteiger partial charge in [0, 0.05) is 28.2 Å². The zero-order chi connectivity index (χ0) is 16.9. The molecule has 122 valence electrons. The Morgan fingerprint density at radius 1 is 1.25 bits per heavy atom. The molecule has 24 heavy (non-hydrogen) atoms. The molecular weight excluding hydrogens is 346 g/mol. The van der Waals surface area contributed by atoms with Crippen LogP contribution in [0.4, 0.5) is 5.69 Å². The fraction of sp³-hybridized carbons (Fsp3) is 0.125. The van der Waals surface area contributed by atoms with Crippen LogP contribution >= 0.6 is 23.4 Å². The van der Waals surface area contributed by atoms with Gasteiger partial charge in [-0.2, -0.15) is 0 Å². The van der Waals surface area contributed by atoms with Crippen LogP contribution in [0.25, 0.3) is 11.4 Å². The first-order valence-corrected chi connectivity index (χ1v) is 8.49. The monoisotopic (exact) mass is 359 g/mol. The summed E-state index contributed by atoms with van der Waals surface area (Å²) >= 11 is 7.30. The lowest BCUT2D eigenvalue weighted by molar-refractivity contribution is -0.113. The van der Waals surface area contributed by atoms with Gasteiger partial charge in [-0.15, -0.1) is 16.9 Å². The Labute approximate surface area is 148 Å². The molecule has 0 unspecified atom stereocenters. The normalized spacial score (nSPS) is 10.6. The van der Waals surface area contributed by atoms with Crippen molar-refractivity contribution in [1.82, 2.24) is 20.2 Å². The molecule has 0 atom stereocenters. The first kappa shape index (κ1) is 16.5. The van der Waals surface area contributed by atoms with Crippen molar-refractivity contribution in [3.8, 4) is 11.4 Å². The molecule has 1 N–H and O–H groups in total. The van der Waals surface area contributed by atoms with Gasteiger partial charge in [-0.3, -0.25) is 4.79 Å². The number of anilines is 1. The number of hydrogen-bond acceptors (Lipinski definition) is 5. The van der Waals surface area contributed by atoms with Crippen molar-refractivity contribution in [3.63, 3.8) is 0 Å². The molecular formula is C16H14ClN5OS. The van der Waals surface area contributed by atoms with E-state index in [0.717, 1.165) is 10.5 Å². The Balaban J connectivity index is 1.62. The molecule has 2 aromatic carbocycles. The van der Waals surface area contributed by atoms with Crippen molar-refractivity contribution in [2.24, 2.45) is 7.05 Å². The van der Waals surface area contributed by atoms with Gasteiger partial charge in [-0.1, -0.05) is 23.7 Å². The van der Waals surface area contributed by atoms with E-state index in [1.54, 1.807) is 23.9 Å². The number of tetrazole rings is 1. The minimum Gasteiger partial charge on any atom is -0.325 e. The number of nitrogens with one attached hydrogen (secondary N) is 1. The second-order valence-corrected chi connectivity index (χ2v) is 6.48. The number of hydrogen-bond donors (Lipinski definition) is 1. The number of benzene rings is 2. The van der Waals surface area contributed by atoms with E-state index in [0.29, 0.717) is 22.3 Å². The number of nitrogens with zero attached hydrogens (tertiary/aromatic N) is 4. The van der Waals surface area contributed by atoms with E-state index in [4.69, 9.17) is 11.6 Å². The number of thioether (sulfide) groups is 1. The van der Waals surface area contributed by atoms with Crippen LogP contribution in [0.15, 0.2) is 53.4 Å². The number of carbonyl (C=O) groups excluding carboxylic acids is 1. The number of aryl methyl sites for hydroxylation is 1. The van der Waals surface area contributed by atoms with E-state index in [-0.39, 0.29) is 5.91 Å². The third kappa shape index (κ3) is 4.12. The fourth-order valence-corrected chi connectivity index (χ4v) is 2.91. The first-order chi connectivity index (χ1) is 11.6. The number of amides is 1. The number of rotatable bonds is 5. The smallest absolute Gasteiger partial charge is 0.234 e. The third-order valence-electron chi connectivity index (χ3n) is 3.21. The lowest BCUT2D eigenvalue weighted by atomic mass is 10.2. The molecule has 6 nitrogen and oxygen atoms in total. The Kier molecular flexibility index (Phi) is 5.12. The zero-order valence-corrected chi connectivity index (χ0v) is 14.4. The topological polar surface area (TPSA) is 72.7 Å². The summed E-state index contributed by atoms with van der Waals surface area (Å²) in [7, 11) is 1.77. The van der Waals surface area contributed by atoms with E-state index >= 15 is 0 Å². The van der Waals surface area contributed by atoms with Gasteiger partial charge in [-0.05, 0) is 46.8 Å². The van der Waals surface area contributed by atoms with E-state index in [2.05, 4.69) is 20.8 Å². The van der Waals surface area contributed by atoms with Crippen LogP contribution in [0.3, 0.4) is 0 Å². The molecule has 1 heterocycles. The molecule has 1 amide bonds. The van der Waals surface area contributed by atoms with Gasteiger partial charge >= 0.3 is 0 Å². The van der Waals surface area contributed by atoms with Crippen LogP contribution in [0.1, 0.15) is 0 Å². The van der Waals surface area contributed by atoms with Crippen LogP contribution in [-0.2, 0) is 11.8 Å². The van der Waals surface area contributed by atoms with Crippen molar-refractivity contribution < 1.29 is 4.79 Å². The van der Waals surface area contributed by atoms with Crippen molar-refractivity contribution >= 4 is 35.0 Å². The highest BCUT2D eigenvalue weighted by Crippen LogP contribution is 2.22. The largest absolute Gasteiger partial charge is 0.325 e. The minimum absolute atomic E-state index is 0.0804. The lowest BCUT2D eigenvalue weighted by Gasteiger charge is -2.07. The van der Waals surface area contributed by atoms with Crippen LogP contribution < -0.4 is 5.32 Å². The van der Waals surface area contributed by atoms with Gasteiger partial charge in [0.1, 0.15) is 0 Å². The average molecular weight is 360 g/mol. The van der Waals surface area contributed by atoms with Crippen molar-refractivity contribution in [3.05, 3.63) is 53.6 Å². The van der Waals surface area contributed by atoms with E-state index in [1.165, 1.54) is 11.8 Å². The molecule has 0 fully saturated rings. The van der Waals surface area contributed by atoms with Crippen LogP contribution in [0.2, 0.25) is 5.02 Å². The van der Waals surface area contributed by atoms with Gasteiger partial charge in [0.15, 0.2) is 5.82 Å². The zero-order valence-electron chi connectivity index (χ0n) is 12.8. The Morgan fingerprint density at radius 2 is 2.04 bits per heavy atom.